The van der Waals surface area contributed by atoms with Gasteiger partial charge in [-0.15, -0.1) is 0 Å². The van der Waals surface area contributed by atoms with Crippen LogP contribution in [-0.4, -0.2) is 27.4 Å². The molecule has 2 rings (SSSR count). The first kappa shape index (κ1) is 13.4. The third kappa shape index (κ3) is 3.47. The van der Waals surface area contributed by atoms with Gasteiger partial charge in [0, 0.05) is 12.7 Å². The molecule has 0 aliphatic heterocycles. The van der Waals surface area contributed by atoms with Gasteiger partial charge in [-0.05, 0) is 28.9 Å². The van der Waals surface area contributed by atoms with E-state index in [4.69, 9.17) is 0 Å². The highest BCUT2D eigenvalue weighted by Crippen LogP contribution is 2.15. The number of aromatic nitrogens is 3. The topological polar surface area (TPSA) is 79.8 Å². The van der Waals surface area contributed by atoms with E-state index in [-0.39, 0.29) is 5.91 Å². The lowest BCUT2D eigenvalue weighted by molar-refractivity contribution is 0.102. The van der Waals surface area contributed by atoms with Gasteiger partial charge in [0.1, 0.15) is 4.60 Å². The van der Waals surface area contributed by atoms with Crippen molar-refractivity contribution in [3.8, 4) is 0 Å². The second-order valence-electron chi connectivity index (χ2n) is 3.63. The molecule has 0 atom stereocenters. The molecule has 2 heterocycles. The van der Waals surface area contributed by atoms with E-state index < -0.39 is 0 Å². The van der Waals surface area contributed by atoms with Crippen molar-refractivity contribution in [2.24, 2.45) is 0 Å². The molecule has 0 saturated heterocycles. The molecule has 0 aliphatic carbocycles. The van der Waals surface area contributed by atoms with Crippen molar-refractivity contribution >= 4 is 33.3 Å². The van der Waals surface area contributed by atoms with Gasteiger partial charge in [-0.1, -0.05) is 0 Å². The molecule has 0 saturated carbocycles. The molecule has 19 heavy (non-hydrogen) atoms. The number of pyridine rings is 1. The Bertz CT molecular complexity index is 573. The number of carbonyl (C=O) groups excluding carboxylic acids is 1. The predicted octanol–water partition coefficient (Wildman–Crippen LogP) is 2.32. The minimum atomic E-state index is -0.255. The quantitative estimate of drug-likeness (QED) is 0.903. The molecule has 0 spiro atoms. The molecular weight excluding hydrogens is 310 g/mol. The number of anilines is 2. The van der Waals surface area contributed by atoms with Crippen LogP contribution in [0.25, 0.3) is 0 Å². The number of nitrogens with zero attached hydrogens (tertiary/aromatic N) is 3. The van der Waals surface area contributed by atoms with Crippen molar-refractivity contribution < 1.29 is 4.79 Å². The van der Waals surface area contributed by atoms with Crippen LogP contribution >= 0.6 is 15.9 Å². The van der Waals surface area contributed by atoms with Gasteiger partial charge in [-0.2, -0.15) is 0 Å². The van der Waals surface area contributed by atoms with Gasteiger partial charge in [0.05, 0.1) is 29.8 Å². The number of nitrogens with one attached hydrogen (secondary N) is 2. The summed E-state index contributed by atoms with van der Waals surface area (Å²) < 4.78 is 0.614. The van der Waals surface area contributed by atoms with E-state index in [1.165, 1.54) is 12.4 Å². The average Bonchev–Trinajstić information content (AvgIpc) is 2.42. The Hall–Kier alpha value is -2.02. The van der Waals surface area contributed by atoms with Crippen molar-refractivity contribution in [2.75, 3.05) is 17.2 Å². The molecule has 1 amide bonds. The van der Waals surface area contributed by atoms with Crippen LogP contribution < -0.4 is 10.6 Å². The lowest BCUT2D eigenvalue weighted by atomic mass is 10.2. The summed E-state index contributed by atoms with van der Waals surface area (Å²) in [5, 5.41) is 5.77. The van der Waals surface area contributed by atoms with Gasteiger partial charge in [-0.25, -0.2) is 9.97 Å². The van der Waals surface area contributed by atoms with Crippen LogP contribution in [0.3, 0.4) is 0 Å². The molecule has 98 valence electrons. The first-order valence-electron chi connectivity index (χ1n) is 5.67. The maximum atomic E-state index is 12.1. The van der Waals surface area contributed by atoms with Crippen LogP contribution in [0.2, 0.25) is 0 Å². The van der Waals surface area contributed by atoms with Gasteiger partial charge < -0.3 is 10.6 Å². The largest absolute Gasteiger partial charge is 0.383 e. The van der Waals surface area contributed by atoms with E-state index in [0.717, 1.165) is 0 Å². The van der Waals surface area contributed by atoms with E-state index in [1.54, 1.807) is 18.5 Å². The molecule has 0 bridgehead atoms. The van der Waals surface area contributed by atoms with E-state index >= 15 is 0 Å². The third-order valence-corrected chi connectivity index (χ3v) is 2.70. The molecule has 2 aromatic rings. The maximum Gasteiger partial charge on any atom is 0.259 e. The fraction of sp³-hybridized carbons (Fsp3) is 0.167. The lowest BCUT2D eigenvalue weighted by Crippen LogP contribution is -2.16. The molecule has 2 aromatic heterocycles. The SMILES string of the molecule is CCNc1cnccc1C(=O)Nc1cnc(Br)cn1. The van der Waals surface area contributed by atoms with E-state index in [9.17, 15) is 4.79 Å². The van der Waals surface area contributed by atoms with Crippen LogP contribution in [0.5, 0.6) is 0 Å². The molecular formula is C12H12BrN5O. The number of rotatable bonds is 4. The fourth-order valence-corrected chi connectivity index (χ4v) is 1.69. The van der Waals surface area contributed by atoms with Crippen LogP contribution in [0, 0.1) is 0 Å². The summed E-state index contributed by atoms with van der Waals surface area (Å²) in [5.41, 5.74) is 1.20. The van der Waals surface area contributed by atoms with Gasteiger partial charge >= 0.3 is 0 Å². The first-order valence-corrected chi connectivity index (χ1v) is 6.46. The lowest BCUT2D eigenvalue weighted by Gasteiger charge is -2.09. The van der Waals surface area contributed by atoms with Gasteiger partial charge in [0.25, 0.3) is 5.91 Å². The Morgan fingerprint density at radius 1 is 1.32 bits per heavy atom. The monoisotopic (exact) mass is 321 g/mol. The smallest absolute Gasteiger partial charge is 0.259 e. The van der Waals surface area contributed by atoms with E-state index in [1.807, 2.05) is 6.92 Å². The molecule has 0 aromatic carbocycles. The molecule has 7 heteroatoms. The van der Waals surface area contributed by atoms with Crippen molar-refractivity contribution in [1.29, 1.82) is 0 Å². The summed E-state index contributed by atoms with van der Waals surface area (Å²) in [6.07, 6.45) is 6.19. The Morgan fingerprint density at radius 2 is 2.16 bits per heavy atom. The second-order valence-corrected chi connectivity index (χ2v) is 4.44. The summed E-state index contributed by atoms with van der Waals surface area (Å²) in [6.45, 7) is 2.67. The normalized spacial score (nSPS) is 10.0. The summed E-state index contributed by atoms with van der Waals surface area (Å²) in [4.78, 5) is 24.2. The Labute approximate surface area is 118 Å². The molecule has 2 N–H and O–H groups in total. The zero-order valence-corrected chi connectivity index (χ0v) is 11.8. The highest BCUT2D eigenvalue weighted by atomic mass is 79.9. The Kier molecular flexibility index (Phi) is 4.40. The van der Waals surface area contributed by atoms with E-state index in [0.29, 0.717) is 28.2 Å². The van der Waals surface area contributed by atoms with Crippen LogP contribution in [0.4, 0.5) is 11.5 Å². The fourth-order valence-electron chi connectivity index (χ4n) is 1.48. The van der Waals surface area contributed by atoms with E-state index in [2.05, 4.69) is 41.5 Å². The zero-order chi connectivity index (χ0) is 13.7. The third-order valence-electron chi connectivity index (χ3n) is 2.29. The zero-order valence-electron chi connectivity index (χ0n) is 10.2. The number of carbonyl (C=O) groups is 1. The number of amides is 1. The number of halogens is 1. The second kappa shape index (κ2) is 6.24. The minimum Gasteiger partial charge on any atom is -0.383 e. The summed E-state index contributed by atoms with van der Waals surface area (Å²) >= 11 is 3.18. The Balaban J connectivity index is 2.18. The average molecular weight is 322 g/mol. The summed E-state index contributed by atoms with van der Waals surface area (Å²) in [7, 11) is 0. The number of hydrogen-bond acceptors (Lipinski definition) is 5. The minimum absolute atomic E-state index is 0.255. The predicted molar refractivity (Wildman–Crippen MR) is 76.1 cm³/mol. The molecule has 6 nitrogen and oxygen atoms in total. The number of hydrogen-bond donors (Lipinski definition) is 2. The van der Waals surface area contributed by atoms with Gasteiger partial charge in [0.2, 0.25) is 0 Å². The molecule has 0 aliphatic rings. The van der Waals surface area contributed by atoms with Gasteiger partial charge in [0.15, 0.2) is 5.82 Å². The van der Waals surface area contributed by atoms with Crippen LogP contribution in [0.1, 0.15) is 17.3 Å². The van der Waals surface area contributed by atoms with Crippen LogP contribution in [-0.2, 0) is 0 Å². The highest BCUT2D eigenvalue weighted by molar-refractivity contribution is 9.10. The van der Waals surface area contributed by atoms with Gasteiger partial charge in [-0.3, -0.25) is 9.78 Å². The van der Waals surface area contributed by atoms with Crippen molar-refractivity contribution in [3.63, 3.8) is 0 Å². The van der Waals surface area contributed by atoms with Crippen LogP contribution in [0.15, 0.2) is 35.5 Å². The van der Waals surface area contributed by atoms with Crippen molar-refractivity contribution in [3.05, 3.63) is 41.0 Å². The van der Waals surface area contributed by atoms with Crippen molar-refractivity contribution in [2.45, 2.75) is 6.92 Å². The molecule has 0 radical (unpaired) electrons. The maximum absolute atomic E-state index is 12.1. The Morgan fingerprint density at radius 3 is 2.84 bits per heavy atom. The first-order chi connectivity index (χ1) is 9.20. The standard InChI is InChI=1S/C12H12BrN5O/c1-2-15-9-5-14-4-3-8(9)12(19)18-11-7-16-10(13)6-17-11/h3-7,15H,2H2,1H3,(H,17,18,19). The highest BCUT2D eigenvalue weighted by Gasteiger charge is 2.11. The summed E-state index contributed by atoms with van der Waals surface area (Å²) in [6, 6.07) is 1.65. The molecule has 0 unspecified atom stereocenters. The van der Waals surface area contributed by atoms with Crippen molar-refractivity contribution in [1.82, 2.24) is 15.0 Å². The summed E-state index contributed by atoms with van der Waals surface area (Å²) in [5.74, 6) is 0.141. The molecule has 0 fully saturated rings.